The number of fused-ring (bicyclic) bond motifs is 1. The second-order valence-electron chi connectivity index (χ2n) is 5.37. The van der Waals surface area contributed by atoms with Crippen LogP contribution < -0.4 is 5.32 Å². The van der Waals surface area contributed by atoms with E-state index in [0.29, 0.717) is 12.1 Å². The second kappa shape index (κ2) is 3.82. The molecule has 0 bridgehead atoms. The highest BCUT2D eigenvalue weighted by atomic mass is 16.5. The Hall–Kier alpha value is -0.0800. The Balaban J connectivity index is 1.98. The van der Waals surface area contributed by atoms with Crippen LogP contribution in [0, 0.1) is 5.92 Å². The summed E-state index contributed by atoms with van der Waals surface area (Å²) < 4.78 is 6.21. The maximum atomic E-state index is 6.21. The minimum absolute atomic E-state index is 0.0851. The van der Waals surface area contributed by atoms with Gasteiger partial charge < -0.3 is 10.1 Å². The Morgan fingerprint density at radius 1 is 1.43 bits per heavy atom. The SMILES string of the molecule is CCC1(C)CNC2CC(C)CCC2O1. The molecule has 82 valence electrons. The number of rotatable bonds is 1. The summed E-state index contributed by atoms with van der Waals surface area (Å²) in [6.07, 6.45) is 5.46. The van der Waals surface area contributed by atoms with Gasteiger partial charge in [0.25, 0.3) is 0 Å². The van der Waals surface area contributed by atoms with Gasteiger partial charge in [-0.05, 0) is 38.5 Å². The molecule has 1 saturated heterocycles. The molecule has 1 aliphatic carbocycles. The third kappa shape index (κ3) is 1.96. The van der Waals surface area contributed by atoms with E-state index in [1.54, 1.807) is 0 Å². The first kappa shape index (κ1) is 10.4. The Morgan fingerprint density at radius 3 is 2.93 bits per heavy atom. The molecule has 0 aromatic carbocycles. The van der Waals surface area contributed by atoms with Gasteiger partial charge in [-0.25, -0.2) is 0 Å². The first-order valence-electron chi connectivity index (χ1n) is 6.04. The van der Waals surface area contributed by atoms with Gasteiger partial charge in [0.1, 0.15) is 0 Å². The molecule has 2 heteroatoms. The lowest BCUT2D eigenvalue weighted by Crippen LogP contribution is -2.59. The Labute approximate surface area is 87.4 Å². The molecule has 1 aliphatic heterocycles. The van der Waals surface area contributed by atoms with Crippen LogP contribution in [0.3, 0.4) is 0 Å². The van der Waals surface area contributed by atoms with E-state index in [-0.39, 0.29) is 5.60 Å². The van der Waals surface area contributed by atoms with Crippen LogP contribution in [0.2, 0.25) is 0 Å². The predicted octanol–water partition coefficient (Wildman–Crippen LogP) is 2.33. The molecule has 0 aromatic heterocycles. The van der Waals surface area contributed by atoms with E-state index in [4.69, 9.17) is 4.74 Å². The maximum absolute atomic E-state index is 6.21. The molecule has 0 spiro atoms. The van der Waals surface area contributed by atoms with Gasteiger partial charge in [0, 0.05) is 12.6 Å². The summed E-state index contributed by atoms with van der Waals surface area (Å²) in [6.45, 7) is 7.82. The van der Waals surface area contributed by atoms with Crippen LogP contribution in [0.1, 0.15) is 46.5 Å². The van der Waals surface area contributed by atoms with Crippen molar-refractivity contribution in [3.63, 3.8) is 0 Å². The lowest BCUT2D eigenvalue weighted by Gasteiger charge is -2.46. The number of nitrogens with one attached hydrogen (secondary N) is 1. The van der Waals surface area contributed by atoms with Crippen molar-refractivity contribution in [2.45, 2.75) is 64.2 Å². The lowest BCUT2D eigenvalue weighted by molar-refractivity contribution is -0.141. The zero-order chi connectivity index (χ0) is 10.2. The zero-order valence-electron chi connectivity index (χ0n) is 9.68. The monoisotopic (exact) mass is 197 g/mol. The summed E-state index contributed by atoms with van der Waals surface area (Å²) in [5, 5.41) is 3.67. The van der Waals surface area contributed by atoms with Crippen LogP contribution in [-0.2, 0) is 4.74 Å². The molecule has 1 heterocycles. The minimum atomic E-state index is 0.0851. The quantitative estimate of drug-likeness (QED) is 0.696. The molecule has 2 nitrogen and oxygen atoms in total. The summed E-state index contributed by atoms with van der Waals surface area (Å²) in [5.41, 5.74) is 0.0851. The van der Waals surface area contributed by atoms with E-state index >= 15 is 0 Å². The van der Waals surface area contributed by atoms with Crippen molar-refractivity contribution in [2.24, 2.45) is 5.92 Å². The van der Waals surface area contributed by atoms with Crippen LogP contribution in [0.4, 0.5) is 0 Å². The van der Waals surface area contributed by atoms with Gasteiger partial charge in [0.05, 0.1) is 11.7 Å². The molecule has 4 unspecified atom stereocenters. The Bertz CT molecular complexity index is 206. The summed E-state index contributed by atoms with van der Waals surface area (Å²) in [5.74, 6) is 0.873. The molecule has 0 aromatic rings. The first-order valence-corrected chi connectivity index (χ1v) is 6.04. The highest BCUT2D eigenvalue weighted by Crippen LogP contribution is 2.33. The second-order valence-corrected chi connectivity index (χ2v) is 5.37. The van der Waals surface area contributed by atoms with Crippen molar-refractivity contribution in [2.75, 3.05) is 6.54 Å². The molecule has 4 atom stereocenters. The van der Waals surface area contributed by atoms with Gasteiger partial charge in [0.15, 0.2) is 0 Å². The molecule has 2 fully saturated rings. The smallest absolute Gasteiger partial charge is 0.0780 e. The highest BCUT2D eigenvalue weighted by molar-refractivity contribution is 4.93. The van der Waals surface area contributed by atoms with Crippen molar-refractivity contribution < 1.29 is 4.74 Å². The van der Waals surface area contributed by atoms with Crippen LogP contribution >= 0.6 is 0 Å². The molecule has 0 amide bonds. The topological polar surface area (TPSA) is 21.3 Å². The van der Waals surface area contributed by atoms with Gasteiger partial charge in [0.2, 0.25) is 0 Å². The van der Waals surface area contributed by atoms with E-state index in [1.807, 2.05) is 0 Å². The summed E-state index contributed by atoms with van der Waals surface area (Å²) in [7, 11) is 0. The summed E-state index contributed by atoms with van der Waals surface area (Å²) in [4.78, 5) is 0. The van der Waals surface area contributed by atoms with Gasteiger partial charge >= 0.3 is 0 Å². The van der Waals surface area contributed by atoms with E-state index < -0.39 is 0 Å². The first-order chi connectivity index (χ1) is 6.63. The molecular weight excluding hydrogens is 174 g/mol. The standard InChI is InChI=1S/C12H23NO/c1-4-12(3)8-13-10-7-9(2)5-6-11(10)14-12/h9-11,13H,4-8H2,1-3H3. The van der Waals surface area contributed by atoms with Gasteiger partial charge in [-0.3, -0.25) is 0 Å². The maximum Gasteiger partial charge on any atom is 0.0780 e. The lowest BCUT2D eigenvalue weighted by atomic mass is 9.82. The normalized spacial score (nSPS) is 48.6. The highest BCUT2D eigenvalue weighted by Gasteiger charge is 2.39. The molecule has 1 N–H and O–H groups in total. The van der Waals surface area contributed by atoms with Crippen molar-refractivity contribution in [3.8, 4) is 0 Å². The van der Waals surface area contributed by atoms with Crippen molar-refractivity contribution >= 4 is 0 Å². The third-order valence-electron chi connectivity index (χ3n) is 3.97. The summed E-state index contributed by atoms with van der Waals surface area (Å²) >= 11 is 0. The average Bonchev–Trinajstić information content (AvgIpc) is 2.19. The van der Waals surface area contributed by atoms with E-state index in [1.165, 1.54) is 19.3 Å². The Kier molecular flexibility index (Phi) is 2.85. The molecule has 2 aliphatic rings. The van der Waals surface area contributed by atoms with Crippen LogP contribution in [0.25, 0.3) is 0 Å². The molecular formula is C12H23NO. The van der Waals surface area contributed by atoms with Crippen molar-refractivity contribution in [1.29, 1.82) is 0 Å². The van der Waals surface area contributed by atoms with Crippen molar-refractivity contribution in [1.82, 2.24) is 5.32 Å². The van der Waals surface area contributed by atoms with E-state index in [9.17, 15) is 0 Å². The van der Waals surface area contributed by atoms with Gasteiger partial charge in [-0.1, -0.05) is 13.8 Å². The number of hydrogen-bond donors (Lipinski definition) is 1. The Morgan fingerprint density at radius 2 is 2.21 bits per heavy atom. The van der Waals surface area contributed by atoms with Gasteiger partial charge in [-0.2, -0.15) is 0 Å². The van der Waals surface area contributed by atoms with Crippen LogP contribution in [-0.4, -0.2) is 24.3 Å². The fourth-order valence-corrected chi connectivity index (χ4v) is 2.67. The largest absolute Gasteiger partial charge is 0.369 e. The van der Waals surface area contributed by atoms with E-state index in [2.05, 4.69) is 26.1 Å². The molecule has 2 rings (SSSR count). The van der Waals surface area contributed by atoms with Crippen LogP contribution in [0.5, 0.6) is 0 Å². The van der Waals surface area contributed by atoms with E-state index in [0.717, 1.165) is 18.9 Å². The minimum Gasteiger partial charge on any atom is -0.369 e. The third-order valence-corrected chi connectivity index (χ3v) is 3.97. The number of hydrogen-bond acceptors (Lipinski definition) is 2. The fourth-order valence-electron chi connectivity index (χ4n) is 2.67. The number of morpholine rings is 1. The van der Waals surface area contributed by atoms with Gasteiger partial charge in [-0.15, -0.1) is 0 Å². The summed E-state index contributed by atoms with van der Waals surface area (Å²) in [6, 6.07) is 0.623. The molecule has 1 saturated carbocycles. The molecule has 14 heavy (non-hydrogen) atoms. The van der Waals surface area contributed by atoms with Crippen LogP contribution in [0.15, 0.2) is 0 Å². The molecule has 0 radical (unpaired) electrons. The zero-order valence-corrected chi connectivity index (χ0v) is 9.68. The number of ether oxygens (including phenoxy) is 1. The predicted molar refractivity (Wildman–Crippen MR) is 58.4 cm³/mol. The fraction of sp³-hybridized carbons (Fsp3) is 1.00. The van der Waals surface area contributed by atoms with Crippen molar-refractivity contribution in [3.05, 3.63) is 0 Å². The average molecular weight is 197 g/mol.